The molecule has 0 bridgehead atoms. The summed E-state index contributed by atoms with van der Waals surface area (Å²) >= 11 is 0. The summed E-state index contributed by atoms with van der Waals surface area (Å²) < 4.78 is 1.89. The molecule has 1 fully saturated rings. The predicted molar refractivity (Wildman–Crippen MR) is 158 cm³/mol. The number of fused-ring (bicyclic) bond motifs is 1. The van der Waals surface area contributed by atoms with Gasteiger partial charge in [-0.05, 0) is 48.1 Å². The van der Waals surface area contributed by atoms with Crippen LogP contribution in [-0.4, -0.2) is 39.5 Å². The Morgan fingerprint density at radius 2 is 1.98 bits per heavy atom. The molecule has 0 radical (unpaired) electrons. The number of hydrogen-bond acceptors (Lipinski definition) is 8. The van der Waals surface area contributed by atoms with E-state index in [0.717, 1.165) is 24.1 Å². The molecule has 10 nitrogen and oxygen atoms in total. The molecule has 208 valence electrons. The summed E-state index contributed by atoms with van der Waals surface area (Å²) in [4.78, 5) is 18.4. The van der Waals surface area contributed by atoms with Crippen molar-refractivity contribution in [3.8, 4) is 12.1 Å². The third-order valence-electron chi connectivity index (χ3n) is 7.12. The van der Waals surface area contributed by atoms with Gasteiger partial charge in [-0.3, -0.25) is 9.78 Å². The van der Waals surface area contributed by atoms with Gasteiger partial charge in [-0.1, -0.05) is 38.1 Å². The van der Waals surface area contributed by atoms with E-state index in [-0.39, 0.29) is 11.3 Å². The van der Waals surface area contributed by atoms with Gasteiger partial charge in [0.2, 0.25) is 5.91 Å². The zero-order chi connectivity index (χ0) is 29.3. The average molecular weight is 548 g/mol. The maximum atomic E-state index is 12.1. The molecular weight excluding hydrogens is 514 g/mol. The molecule has 2 N–H and O–H groups in total. The van der Waals surface area contributed by atoms with Crippen molar-refractivity contribution in [1.82, 2.24) is 20.0 Å². The zero-order valence-electron chi connectivity index (χ0n) is 23.9. The van der Waals surface area contributed by atoms with Gasteiger partial charge >= 0.3 is 0 Å². The second kappa shape index (κ2) is 10.9. The smallest absolute Gasteiger partial charge is 0.223 e. The molecule has 0 spiro atoms. The molecule has 5 rings (SSSR count). The molecule has 10 heteroatoms. The molecule has 1 amide bonds. The Bertz CT molecular complexity index is 1700. The number of rotatable bonds is 8. The van der Waals surface area contributed by atoms with Crippen molar-refractivity contribution in [1.29, 1.82) is 10.5 Å². The number of hydrogen-bond donors (Lipinski definition) is 2. The number of pyridine rings is 1. The lowest BCUT2D eigenvalue weighted by Gasteiger charge is -2.23. The summed E-state index contributed by atoms with van der Waals surface area (Å²) in [6.07, 6.45) is 5.66. The zero-order valence-corrected chi connectivity index (χ0v) is 23.9. The quantitative estimate of drug-likeness (QED) is 0.293. The summed E-state index contributed by atoms with van der Waals surface area (Å²) in [5, 5.41) is 36.4. The molecule has 0 unspecified atom stereocenters. The van der Waals surface area contributed by atoms with E-state index < -0.39 is 6.04 Å². The highest BCUT2D eigenvalue weighted by Gasteiger charge is 2.28. The van der Waals surface area contributed by atoms with Gasteiger partial charge in [0.1, 0.15) is 11.8 Å². The molecule has 2 aromatic carbocycles. The van der Waals surface area contributed by atoms with E-state index in [1.807, 2.05) is 35.1 Å². The maximum absolute atomic E-state index is 12.1. The van der Waals surface area contributed by atoms with Crippen LogP contribution in [0, 0.1) is 28.1 Å². The van der Waals surface area contributed by atoms with E-state index in [1.54, 1.807) is 30.3 Å². The molecule has 2 heterocycles. The van der Waals surface area contributed by atoms with Gasteiger partial charge in [-0.2, -0.15) is 10.5 Å². The Kier molecular flexibility index (Phi) is 7.34. The summed E-state index contributed by atoms with van der Waals surface area (Å²) in [6.45, 7) is 8.49. The largest absolute Gasteiger partial charge is 0.383 e. The molecule has 1 aliphatic rings. The van der Waals surface area contributed by atoms with Crippen LogP contribution in [0.2, 0.25) is 0 Å². The number of anilines is 3. The van der Waals surface area contributed by atoms with Crippen LogP contribution >= 0.6 is 0 Å². The second-order valence-electron chi connectivity index (χ2n) is 11.7. The summed E-state index contributed by atoms with van der Waals surface area (Å²) in [5.41, 5.74) is 5.02. The SMILES string of the molecule is CC(=O)N(C)c1cccc([C@H](Nc2cc(C#N)cc3c(NCC(C)(C)C)c(C#N)cnc23)c2cn(C3CC3)nn2)c1. The Hall–Kier alpha value is -4.96. The van der Waals surface area contributed by atoms with Gasteiger partial charge in [-0.25, -0.2) is 4.68 Å². The van der Waals surface area contributed by atoms with Crippen LogP contribution in [0.15, 0.2) is 48.8 Å². The third kappa shape index (κ3) is 5.97. The molecule has 0 saturated heterocycles. The lowest BCUT2D eigenvalue weighted by Crippen LogP contribution is -2.23. The Morgan fingerprint density at radius 1 is 1.20 bits per heavy atom. The molecule has 4 aromatic rings. The van der Waals surface area contributed by atoms with E-state index in [2.05, 4.69) is 58.8 Å². The van der Waals surface area contributed by atoms with Crippen LogP contribution in [0.3, 0.4) is 0 Å². The number of amides is 1. The first-order valence-electron chi connectivity index (χ1n) is 13.6. The summed E-state index contributed by atoms with van der Waals surface area (Å²) in [6, 6.07) is 15.6. The van der Waals surface area contributed by atoms with Crippen LogP contribution in [0.25, 0.3) is 10.9 Å². The molecule has 0 aliphatic heterocycles. The van der Waals surface area contributed by atoms with Crippen LogP contribution in [0.4, 0.5) is 17.1 Å². The Labute approximate surface area is 239 Å². The van der Waals surface area contributed by atoms with Crippen LogP contribution in [-0.2, 0) is 4.79 Å². The van der Waals surface area contributed by atoms with Crippen molar-refractivity contribution in [2.75, 3.05) is 29.1 Å². The lowest BCUT2D eigenvalue weighted by atomic mass is 9.96. The first-order chi connectivity index (χ1) is 19.6. The molecule has 1 atom stereocenters. The fourth-order valence-corrected chi connectivity index (χ4v) is 4.62. The number of nitrogens with zero attached hydrogens (tertiary/aromatic N) is 7. The number of aromatic nitrogens is 4. The monoisotopic (exact) mass is 547 g/mol. The Morgan fingerprint density at radius 3 is 2.63 bits per heavy atom. The number of carbonyl (C=O) groups is 1. The van der Waals surface area contributed by atoms with Gasteiger partial charge in [0.25, 0.3) is 0 Å². The fourth-order valence-electron chi connectivity index (χ4n) is 4.62. The second-order valence-corrected chi connectivity index (χ2v) is 11.7. The van der Waals surface area contributed by atoms with E-state index in [9.17, 15) is 15.3 Å². The first kappa shape index (κ1) is 27.6. The molecule has 1 saturated carbocycles. The van der Waals surface area contributed by atoms with Crippen LogP contribution < -0.4 is 15.5 Å². The van der Waals surface area contributed by atoms with Gasteiger partial charge in [0, 0.05) is 37.8 Å². The minimum absolute atomic E-state index is 0.0350. The number of nitriles is 2. The topological polar surface area (TPSA) is 136 Å². The van der Waals surface area contributed by atoms with E-state index in [1.165, 1.54) is 6.92 Å². The molecular formula is C31H33N9O. The molecule has 41 heavy (non-hydrogen) atoms. The van der Waals surface area contributed by atoms with Crippen LogP contribution in [0.5, 0.6) is 0 Å². The minimum Gasteiger partial charge on any atom is -0.383 e. The highest BCUT2D eigenvalue weighted by molar-refractivity contribution is 6.01. The maximum Gasteiger partial charge on any atom is 0.223 e. The highest BCUT2D eigenvalue weighted by atomic mass is 16.2. The number of benzene rings is 2. The van der Waals surface area contributed by atoms with Crippen molar-refractivity contribution in [2.24, 2.45) is 5.41 Å². The van der Waals surface area contributed by atoms with Crippen molar-refractivity contribution >= 4 is 33.9 Å². The van der Waals surface area contributed by atoms with Gasteiger partial charge < -0.3 is 15.5 Å². The lowest BCUT2D eigenvalue weighted by molar-refractivity contribution is -0.116. The van der Waals surface area contributed by atoms with E-state index in [0.29, 0.717) is 51.7 Å². The van der Waals surface area contributed by atoms with Crippen molar-refractivity contribution in [3.05, 3.63) is 71.2 Å². The molecule has 2 aromatic heterocycles. The fraction of sp³-hybridized carbons (Fsp3) is 0.355. The molecule has 1 aliphatic carbocycles. The number of carbonyl (C=O) groups excluding carboxylic acids is 1. The van der Waals surface area contributed by atoms with Gasteiger partial charge in [0.15, 0.2) is 0 Å². The summed E-state index contributed by atoms with van der Waals surface area (Å²) in [7, 11) is 1.74. The Balaban J connectivity index is 1.65. The van der Waals surface area contributed by atoms with Crippen molar-refractivity contribution < 1.29 is 4.79 Å². The third-order valence-corrected chi connectivity index (χ3v) is 7.12. The minimum atomic E-state index is -0.455. The van der Waals surface area contributed by atoms with Crippen molar-refractivity contribution in [3.63, 3.8) is 0 Å². The predicted octanol–water partition coefficient (Wildman–Crippen LogP) is 5.55. The highest BCUT2D eigenvalue weighted by Crippen LogP contribution is 2.38. The normalized spacial score (nSPS) is 13.7. The van der Waals surface area contributed by atoms with Gasteiger partial charge in [-0.15, -0.1) is 5.10 Å². The van der Waals surface area contributed by atoms with Gasteiger partial charge in [0.05, 0.1) is 52.4 Å². The first-order valence-corrected chi connectivity index (χ1v) is 13.6. The number of nitrogens with one attached hydrogen (secondary N) is 2. The average Bonchev–Trinajstić information content (AvgIpc) is 3.69. The van der Waals surface area contributed by atoms with Crippen LogP contribution in [0.1, 0.15) is 75.0 Å². The summed E-state index contributed by atoms with van der Waals surface area (Å²) in [5.74, 6) is -0.0770. The van der Waals surface area contributed by atoms with E-state index in [4.69, 9.17) is 0 Å². The van der Waals surface area contributed by atoms with Crippen molar-refractivity contribution in [2.45, 2.75) is 52.6 Å². The van der Waals surface area contributed by atoms with E-state index >= 15 is 0 Å². The standard InChI is InChI=1S/C31H33N9O/c1-19(41)39(5)24-8-6-7-21(13-24)29(27-17-40(38-37-27)23-9-10-23)36-26-12-20(14-32)11-25-28(35-18-31(2,3)4)22(15-33)16-34-30(25)26/h6-8,11-13,16-17,23,29,36H,9-10,18H2,1-5H3,(H,34,35)/t29-/m0/s1.